The molecule has 0 aliphatic heterocycles. The predicted octanol–water partition coefficient (Wildman–Crippen LogP) is 1.69. The summed E-state index contributed by atoms with van der Waals surface area (Å²) in [5.41, 5.74) is 0.941. The van der Waals surface area contributed by atoms with Crippen molar-refractivity contribution in [2.45, 2.75) is 12.8 Å². The van der Waals surface area contributed by atoms with Crippen LogP contribution in [0, 0.1) is 0 Å². The third kappa shape index (κ3) is 6.37. The topological polar surface area (TPSA) is 74.3 Å². The van der Waals surface area contributed by atoms with Crippen molar-refractivity contribution in [3.05, 3.63) is 52.5 Å². The van der Waals surface area contributed by atoms with E-state index in [1.807, 2.05) is 35.7 Å². The smallest absolute Gasteiger partial charge is 0.315 e. The zero-order valence-corrected chi connectivity index (χ0v) is 14.5. The molecule has 0 radical (unpaired) electrons. The molecule has 0 aliphatic rings. The van der Waals surface area contributed by atoms with Crippen LogP contribution in [-0.4, -0.2) is 48.5 Å². The highest BCUT2D eigenvalue weighted by Crippen LogP contribution is 2.07. The largest absolute Gasteiger partial charge is 0.344 e. The Bertz CT molecular complexity index is 631. The number of carbonyl (C=O) groups excluding carboxylic acids is 2. The highest BCUT2D eigenvalue weighted by Gasteiger charge is 2.10. The number of thiophene rings is 1. The first-order chi connectivity index (χ1) is 11.6. The van der Waals surface area contributed by atoms with E-state index in [4.69, 9.17) is 0 Å². The van der Waals surface area contributed by atoms with Gasteiger partial charge in [-0.1, -0.05) is 12.1 Å². The number of amides is 3. The Labute approximate surface area is 145 Å². The van der Waals surface area contributed by atoms with Crippen molar-refractivity contribution in [1.29, 1.82) is 0 Å². The van der Waals surface area contributed by atoms with Crippen molar-refractivity contribution in [3.63, 3.8) is 0 Å². The first-order valence-electron chi connectivity index (χ1n) is 7.83. The molecule has 6 nitrogen and oxygen atoms in total. The monoisotopic (exact) mass is 346 g/mol. The Morgan fingerprint density at radius 3 is 2.75 bits per heavy atom. The van der Waals surface area contributed by atoms with E-state index in [1.54, 1.807) is 29.5 Å². The minimum Gasteiger partial charge on any atom is -0.344 e. The number of likely N-dealkylation sites (N-methyl/N-ethyl adjacent to an activating group) is 1. The fourth-order valence-corrected chi connectivity index (χ4v) is 2.77. The lowest BCUT2D eigenvalue weighted by Crippen LogP contribution is -2.43. The summed E-state index contributed by atoms with van der Waals surface area (Å²) in [6.07, 6.45) is 3.22. The van der Waals surface area contributed by atoms with Gasteiger partial charge < -0.3 is 15.5 Å². The fourth-order valence-electron chi connectivity index (χ4n) is 2.06. The molecule has 24 heavy (non-hydrogen) atoms. The number of nitrogens with zero attached hydrogens (tertiary/aromatic N) is 2. The third-order valence-electron chi connectivity index (χ3n) is 3.49. The average molecular weight is 346 g/mol. The Morgan fingerprint density at radius 2 is 2.04 bits per heavy atom. The molecule has 0 saturated carbocycles. The maximum Gasteiger partial charge on any atom is 0.315 e. The number of pyridine rings is 1. The van der Waals surface area contributed by atoms with E-state index in [2.05, 4.69) is 15.6 Å². The van der Waals surface area contributed by atoms with E-state index in [-0.39, 0.29) is 18.5 Å². The van der Waals surface area contributed by atoms with E-state index >= 15 is 0 Å². The minimum atomic E-state index is -0.321. The quantitative estimate of drug-likeness (QED) is 0.764. The number of carbonyl (C=O) groups is 2. The Kier molecular flexibility index (Phi) is 7.22. The average Bonchev–Trinajstić information content (AvgIpc) is 3.12. The SMILES string of the molecule is CN(CCc1ccccn1)C(=O)CNC(=O)NCCc1cccs1. The van der Waals surface area contributed by atoms with Crippen LogP contribution in [0.4, 0.5) is 4.79 Å². The molecule has 2 N–H and O–H groups in total. The van der Waals surface area contributed by atoms with Crippen molar-refractivity contribution in [1.82, 2.24) is 20.5 Å². The summed E-state index contributed by atoms with van der Waals surface area (Å²) in [4.78, 5) is 30.7. The molecule has 128 valence electrons. The van der Waals surface area contributed by atoms with Crippen LogP contribution < -0.4 is 10.6 Å². The number of hydrogen-bond acceptors (Lipinski definition) is 4. The Balaban J connectivity index is 1.59. The maximum atomic E-state index is 12.0. The van der Waals surface area contributed by atoms with E-state index in [9.17, 15) is 9.59 Å². The molecule has 7 heteroatoms. The van der Waals surface area contributed by atoms with Gasteiger partial charge in [0.25, 0.3) is 0 Å². The Hall–Kier alpha value is -2.41. The number of rotatable bonds is 8. The summed E-state index contributed by atoms with van der Waals surface area (Å²) in [6.45, 7) is 1.11. The van der Waals surface area contributed by atoms with Crippen molar-refractivity contribution in [2.24, 2.45) is 0 Å². The molecule has 0 bridgehead atoms. The van der Waals surface area contributed by atoms with Gasteiger partial charge in [-0.05, 0) is 30.0 Å². The molecule has 2 rings (SSSR count). The standard InChI is InChI=1S/C17H22N4O2S/c1-21(11-8-14-5-2-3-9-18-14)16(22)13-20-17(23)19-10-7-15-6-4-12-24-15/h2-6,9,12H,7-8,10-11,13H2,1H3,(H2,19,20,23). The zero-order valence-electron chi connectivity index (χ0n) is 13.7. The van der Waals surface area contributed by atoms with Crippen LogP contribution in [0.25, 0.3) is 0 Å². The summed E-state index contributed by atoms with van der Waals surface area (Å²) in [5, 5.41) is 7.35. The lowest BCUT2D eigenvalue weighted by atomic mass is 10.2. The van der Waals surface area contributed by atoms with Crippen LogP contribution in [0.1, 0.15) is 10.6 Å². The fraction of sp³-hybridized carbons (Fsp3) is 0.353. The first kappa shape index (κ1) is 17.9. The first-order valence-corrected chi connectivity index (χ1v) is 8.71. The van der Waals surface area contributed by atoms with Crippen molar-refractivity contribution >= 4 is 23.3 Å². The molecule has 2 aromatic heterocycles. The van der Waals surface area contributed by atoms with E-state index in [1.165, 1.54) is 4.88 Å². The highest BCUT2D eigenvalue weighted by atomic mass is 32.1. The van der Waals surface area contributed by atoms with Crippen LogP contribution in [0.15, 0.2) is 41.9 Å². The normalized spacial score (nSPS) is 10.2. The number of urea groups is 1. The second kappa shape index (κ2) is 9.67. The van der Waals surface area contributed by atoms with Gasteiger partial charge in [0.1, 0.15) is 0 Å². The van der Waals surface area contributed by atoms with Gasteiger partial charge in [-0.15, -0.1) is 11.3 Å². The third-order valence-corrected chi connectivity index (χ3v) is 4.43. The summed E-state index contributed by atoms with van der Waals surface area (Å²) in [5.74, 6) is -0.126. The van der Waals surface area contributed by atoms with Gasteiger partial charge in [-0.25, -0.2) is 4.79 Å². The lowest BCUT2D eigenvalue weighted by Gasteiger charge is -2.17. The molecular weight excluding hydrogens is 324 g/mol. The number of nitrogens with one attached hydrogen (secondary N) is 2. The molecule has 0 saturated heterocycles. The minimum absolute atomic E-state index is 0.0104. The van der Waals surface area contributed by atoms with Gasteiger partial charge in [0, 0.05) is 43.3 Å². The van der Waals surface area contributed by atoms with Gasteiger partial charge in [0.15, 0.2) is 0 Å². The predicted molar refractivity (Wildman–Crippen MR) is 95.0 cm³/mol. The molecular formula is C17H22N4O2S. The molecule has 0 fully saturated rings. The highest BCUT2D eigenvalue weighted by molar-refractivity contribution is 7.09. The van der Waals surface area contributed by atoms with Crippen molar-refractivity contribution in [2.75, 3.05) is 26.7 Å². The maximum absolute atomic E-state index is 12.0. The van der Waals surface area contributed by atoms with Crippen LogP contribution >= 0.6 is 11.3 Å². The summed E-state index contributed by atoms with van der Waals surface area (Å²) in [6, 6.07) is 9.41. The molecule has 2 aromatic rings. The van der Waals surface area contributed by atoms with Gasteiger partial charge in [-0.2, -0.15) is 0 Å². The van der Waals surface area contributed by atoms with Gasteiger partial charge >= 0.3 is 6.03 Å². The van der Waals surface area contributed by atoms with Gasteiger partial charge in [-0.3, -0.25) is 9.78 Å². The van der Waals surface area contributed by atoms with E-state index < -0.39 is 0 Å². The van der Waals surface area contributed by atoms with Crippen molar-refractivity contribution < 1.29 is 9.59 Å². The lowest BCUT2D eigenvalue weighted by molar-refractivity contribution is -0.128. The summed E-state index contributed by atoms with van der Waals surface area (Å²) in [7, 11) is 1.72. The van der Waals surface area contributed by atoms with Gasteiger partial charge in [0.05, 0.1) is 6.54 Å². The second-order valence-electron chi connectivity index (χ2n) is 5.33. The van der Waals surface area contributed by atoms with Gasteiger partial charge in [0.2, 0.25) is 5.91 Å². The second-order valence-corrected chi connectivity index (χ2v) is 6.36. The summed E-state index contributed by atoms with van der Waals surface area (Å²) >= 11 is 1.66. The molecule has 0 unspecified atom stereocenters. The van der Waals surface area contributed by atoms with Crippen molar-refractivity contribution in [3.8, 4) is 0 Å². The van der Waals surface area contributed by atoms with E-state index in [0.29, 0.717) is 19.5 Å². The molecule has 3 amide bonds. The summed E-state index contributed by atoms with van der Waals surface area (Å²) < 4.78 is 0. The Morgan fingerprint density at radius 1 is 1.17 bits per heavy atom. The zero-order chi connectivity index (χ0) is 17.2. The van der Waals surface area contributed by atoms with Crippen LogP contribution in [0.5, 0.6) is 0 Å². The number of hydrogen-bond donors (Lipinski definition) is 2. The van der Waals surface area contributed by atoms with Crippen LogP contribution in [-0.2, 0) is 17.6 Å². The molecule has 0 atom stereocenters. The van der Waals surface area contributed by atoms with E-state index in [0.717, 1.165) is 12.1 Å². The molecule has 0 aliphatic carbocycles. The number of aromatic nitrogens is 1. The van der Waals surface area contributed by atoms with Crippen LogP contribution in [0.2, 0.25) is 0 Å². The molecule has 0 aromatic carbocycles. The molecule has 2 heterocycles. The van der Waals surface area contributed by atoms with Crippen LogP contribution in [0.3, 0.4) is 0 Å². The molecule has 0 spiro atoms.